The van der Waals surface area contributed by atoms with E-state index < -0.39 is 0 Å². The van der Waals surface area contributed by atoms with Crippen LogP contribution in [0.15, 0.2) is 59.2 Å². The molecule has 0 saturated heterocycles. The molecule has 0 unspecified atom stereocenters. The van der Waals surface area contributed by atoms with Crippen LogP contribution in [0, 0.1) is 0 Å². The van der Waals surface area contributed by atoms with E-state index in [4.69, 9.17) is 4.74 Å². The molecule has 4 rings (SSSR count). The summed E-state index contributed by atoms with van der Waals surface area (Å²) >= 11 is 3.32. The van der Waals surface area contributed by atoms with Crippen molar-refractivity contribution in [3.63, 3.8) is 0 Å². The first kappa shape index (κ1) is 14.9. The van der Waals surface area contributed by atoms with Gasteiger partial charge in [-0.3, -0.25) is 9.78 Å². The van der Waals surface area contributed by atoms with Gasteiger partial charge in [-0.2, -0.15) is 0 Å². The van der Waals surface area contributed by atoms with E-state index in [0.717, 1.165) is 27.0 Å². The molecule has 2 heterocycles. The molecule has 0 amide bonds. The molecule has 0 saturated carbocycles. The lowest BCUT2D eigenvalue weighted by atomic mass is 9.98. The van der Waals surface area contributed by atoms with Gasteiger partial charge >= 0.3 is 0 Å². The maximum Gasteiger partial charge on any atom is 0.198 e. The van der Waals surface area contributed by atoms with Crippen LogP contribution in [0.1, 0.15) is 21.5 Å². The molecule has 3 aromatic rings. The number of carbonyl (C=O) groups is 1. The van der Waals surface area contributed by atoms with Crippen molar-refractivity contribution in [2.45, 2.75) is 6.61 Å². The monoisotopic (exact) mass is 381 g/mol. The van der Waals surface area contributed by atoms with Crippen molar-refractivity contribution in [3.8, 4) is 22.8 Å². The average molecular weight is 382 g/mol. The molecule has 1 N–H and O–H groups in total. The van der Waals surface area contributed by atoms with Crippen LogP contribution in [0.3, 0.4) is 0 Å². The SMILES string of the molecule is O=C(c1cnc2c(c1)COc1ccccc1-2)c1cc(Br)ccc1O. The van der Waals surface area contributed by atoms with Gasteiger partial charge < -0.3 is 9.84 Å². The molecule has 1 aliphatic rings. The zero-order valence-electron chi connectivity index (χ0n) is 12.5. The number of para-hydroxylation sites is 1. The van der Waals surface area contributed by atoms with Crippen LogP contribution in [0.5, 0.6) is 11.5 Å². The summed E-state index contributed by atoms with van der Waals surface area (Å²) in [7, 11) is 0. The lowest BCUT2D eigenvalue weighted by Gasteiger charge is -2.20. The van der Waals surface area contributed by atoms with Crippen LogP contribution in [0.25, 0.3) is 11.3 Å². The molecule has 24 heavy (non-hydrogen) atoms. The van der Waals surface area contributed by atoms with Crippen molar-refractivity contribution >= 4 is 21.7 Å². The second-order valence-electron chi connectivity index (χ2n) is 5.51. The lowest BCUT2D eigenvalue weighted by Crippen LogP contribution is -2.10. The summed E-state index contributed by atoms with van der Waals surface area (Å²) in [6.07, 6.45) is 1.55. The van der Waals surface area contributed by atoms with Gasteiger partial charge in [0.25, 0.3) is 0 Å². The van der Waals surface area contributed by atoms with Gasteiger partial charge in [-0.15, -0.1) is 0 Å². The zero-order chi connectivity index (χ0) is 16.7. The minimum absolute atomic E-state index is 0.0532. The minimum atomic E-state index is -0.275. The van der Waals surface area contributed by atoms with Gasteiger partial charge in [-0.05, 0) is 36.4 Å². The van der Waals surface area contributed by atoms with Crippen molar-refractivity contribution in [2.75, 3.05) is 0 Å². The van der Waals surface area contributed by atoms with Crippen molar-refractivity contribution in [1.82, 2.24) is 4.98 Å². The normalized spacial score (nSPS) is 12.0. The number of phenolic OH excluding ortho intramolecular Hbond substituents is 1. The van der Waals surface area contributed by atoms with Crippen molar-refractivity contribution in [2.24, 2.45) is 0 Å². The summed E-state index contributed by atoms with van der Waals surface area (Å²) in [5, 5.41) is 9.95. The van der Waals surface area contributed by atoms with E-state index in [1.165, 1.54) is 6.07 Å². The summed E-state index contributed by atoms with van der Waals surface area (Å²) in [6.45, 7) is 0.366. The molecule has 0 atom stereocenters. The quantitative estimate of drug-likeness (QED) is 0.670. The smallest absolute Gasteiger partial charge is 0.198 e. The fourth-order valence-electron chi connectivity index (χ4n) is 2.78. The van der Waals surface area contributed by atoms with E-state index >= 15 is 0 Å². The number of rotatable bonds is 2. The molecule has 118 valence electrons. The predicted molar refractivity (Wildman–Crippen MR) is 93.2 cm³/mol. The van der Waals surface area contributed by atoms with Gasteiger partial charge in [-0.25, -0.2) is 0 Å². The number of phenols is 1. The Morgan fingerprint density at radius 3 is 2.88 bits per heavy atom. The number of fused-ring (bicyclic) bond motifs is 3. The van der Waals surface area contributed by atoms with Crippen LogP contribution in [0.4, 0.5) is 0 Å². The molecule has 0 spiro atoms. The molecule has 2 aromatic carbocycles. The lowest BCUT2D eigenvalue weighted by molar-refractivity contribution is 0.103. The Hall–Kier alpha value is -2.66. The fraction of sp³-hybridized carbons (Fsp3) is 0.0526. The molecular formula is C19H12BrNO3. The third-order valence-corrected chi connectivity index (χ3v) is 4.45. The number of ether oxygens (including phenoxy) is 1. The molecule has 5 heteroatoms. The molecule has 0 aliphatic carbocycles. The van der Waals surface area contributed by atoms with E-state index in [9.17, 15) is 9.90 Å². The Bertz CT molecular complexity index is 969. The van der Waals surface area contributed by atoms with Crippen molar-refractivity contribution in [3.05, 3.63) is 75.9 Å². The van der Waals surface area contributed by atoms with E-state index in [0.29, 0.717) is 12.2 Å². The second-order valence-corrected chi connectivity index (χ2v) is 6.42. The number of aromatic nitrogens is 1. The summed E-state index contributed by atoms with van der Waals surface area (Å²) in [6, 6.07) is 14.2. The number of hydrogen-bond acceptors (Lipinski definition) is 4. The van der Waals surface area contributed by atoms with Crippen LogP contribution in [0.2, 0.25) is 0 Å². The third-order valence-electron chi connectivity index (χ3n) is 3.96. The first-order valence-electron chi connectivity index (χ1n) is 7.38. The number of benzene rings is 2. The number of halogens is 1. The minimum Gasteiger partial charge on any atom is -0.507 e. The topological polar surface area (TPSA) is 59.4 Å². The molecule has 1 aliphatic heterocycles. The van der Waals surface area contributed by atoms with E-state index in [1.54, 1.807) is 24.4 Å². The van der Waals surface area contributed by atoms with E-state index in [-0.39, 0.29) is 17.1 Å². The highest BCUT2D eigenvalue weighted by atomic mass is 79.9. The Morgan fingerprint density at radius 2 is 2.00 bits per heavy atom. The fourth-order valence-corrected chi connectivity index (χ4v) is 3.14. The van der Waals surface area contributed by atoms with Gasteiger partial charge in [0, 0.05) is 27.4 Å². The third kappa shape index (κ3) is 2.47. The summed E-state index contributed by atoms with van der Waals surface area (Å²) < 4.78 is 6.45. The van der Waals surface area contributed by atoms with E-state index in [2.05, 4.69) is 20.9 Å². The predicted octanol–water partition coefficient (Wildman–Crippen LogP) is 4.34. The highest BCUT2D eigenvalue weighted by molar-refractivity contribution is 9.10. The number of carbonyl (C=O) groups excluding carboxylic acids is 1. The van der Waals surface area contributed by atoms with Gasteiger partial charge in [0.15, 0.2) is 5.78 Å². The standard InChI is InChI=1S/C19H12BrNO3/c20-13-5-6-16(22)15(8-13)19(23)11-7-12-10-24-17-4-2-1-3-14(17)18(12)21-9-11/h1-9,22H,10H2. The number of aromatic hydroxyl groups is 1. The van der Waals surface area contributed by atoms with Gasteiger partial charge in [0.2, 0.25) is 0 Å². The first-order chi connectivity index (χ1) is 11.6. The van der Waals surface area contributed by atoms with E-state index in [1.807, 2.05) is 24.3 Å². The maximum atomic E-state index is 12.7. The van der Waals surface area contributed by atoms with Gasteiger partial charge in [0.05, 0.1) is 11.3 Å². The Kier molecular flexibility index (Phi) is 3.58. The highest BCUT2D eigenvalue weighted by Crippen LogP contribution is 2.36. The molecule has 0 fully saturated rings. The van der Waals surface area contributed by atoms with Crippen molar-refractivity contribution < 1.29 is 14.6 Å². The summed E-state index contributed by atoms with van der Waals surface area (Å²) in [5.41, 5.74) is 3.26. The Morgan fingerprint density at radius 1 is 1.17 bits per heavy atom. The number of nitrogens with zero attached hydrogens (tertiary/aromatic N) is 1. The number of hydrogen-bond donors (Lipinski definition) is 1. The second kappa shape index (κ2) is 5.76. The largest absolute Gasteiger partial charge is 0.507 e. The van der Waals surface area contributed by atoms with Gasteiger partial charge in [-0.1, -0.05) is 28.1 Å². The van der Waals surface area contributed by atoms with Crippen LogP contribution in [-0.4, -0.2) is 15.9 Å². The number of pyridine rings is 1. The van der Waals surface area contributed by atoms with Crippen molar-refractivity contribution in [1.29, 1.82) is 0 Å². The van der Waals surface area contributed by atoms with Crippen LogP contribution in [-0.2, 0) is 6.61 Å². The average Bonchev–Trinajstić information content (AvgIpc) is 2.62. The number of ketones is 1. The maximum absolute atomic E-state index is 12.7. The van der Waals surface area contributed by atoms with Crippen LogP contribution < -0.4 is 4.74 Å². The highest BCUT2D eigenvalue weighted by Gasteiger charge is 2.21. The van der Waals surface area contributed by atoms with Crippen LogP contribution >= 0.6 is 15.9 Å². The molecule has 0 bridgehead atoms. The summed E-state index contributed by atoms with van der Waals surface area (Å²) in [5.74, 6) is 0.465. The molecule has 0 radical (unpaired) electrons. The first-order valence-corrected chi connectivity index (χ1v) is 8.17. The zero-order valence-corrected chi connectivity index (χ0v) is 14.1. The Balaban J connectivity index is 1.77. The Labute approximate surface area is 146 Å². The van der Waals surface area contributed by atoms with Gasteiger partial charge in [0.1, 0.15) is 18.1 Å². The molecular weight excluding hydrogens is 370 g/mol. The summed E-state index contributed by atoms with van der Waals surface area (Å²) in [4.78, 5) is 17.2. The molecule has 1 aromatic heterocycles. The molecule has 4 nitrogen and oxygen atoms in total.